The zero-order valence-electron chi connectivity index (χ0n) is 16.9. The third kappa shape index (κ3) is 3.10. The van der Waals surface area contributed by atoms with Crippen LogP contribution >= 0.6 is 0 Å². The minimum atomic E-state index is -1.11. The van der Waals surface area contributed by atoms with Gasteiger partial charge in [-0.15, -0.1) is 0 Å². The first kappa shape index (κ1) is 19.9. The number of benzene rings is 1. The van der Waals surface area contributed by atoms with Crippen molar-refractivity contribution < 1.29 is 23.9 Å². The van der Waals surface area contributed by atoms with Gasteiger partial charge in [0.2, 0.25) is 0 Å². The Kier molecular flexibility index (Phi) is 4.97. The molecule has 0 unspecified atom stereocenters. The van der Waals surface area contributed by atoms with Gasteiger partial charge in [0.15, 0.2) is 0 Å². The summed E-state index contributed by atoms with van der Waals surface area (Å²) in [5, 5.41) is 8.05. The van der Waals surface area contributed by atoms with Gasteiger partial charge in [0.1, 0.15) is 5.54 Å². The predicted molar refractivity (Wildman–Crippen MR) is 106 cm³/mol. The number of esters is 1. The zero-order valence-corrected chi connectivity index (χ0v) is 16.9. The van der Waals surface area contributed by atoms with Crippen molar-refractivity contribution in [2.45, 2.75) is 44.7 Å². The molecular formula is C21H24N4O5. The minimum absolute atomic E-state index is 0.166. The number of carbonyl (C=O) groups is 4. The van der Waals surface area contributed by atoms with E-state index in [2.05, 4.69) is 16.0 Å². The van der Waals surface area contributed by atoms with Crippen LogP contribution in [0, 0.1) is 0 Å². The Morgan fingerprint density at radius 2 is 2.03 bits per heavy atom. The van der Waals surface area contributed by atoms with E-state index in [9.17, 15) is 19.2 Å². The van der Waals surface area contributed by atoms with Crippen LogP contribution in [0.5, 0.6) is 0 Å². The molecule has 1 aromatic carbocycles. The van der Waals surface area contributed by atoms with Crippen LogP contribution in [0.25, 0.3) is 0 Å². The Balaban J connectivity index is 1.69. The number of rotatable bonds is 4. The van der Waals surface area contributed by atoms with Crippen LogP contribution < -0.4 is 16.0 Å². The van der Waals surface area contributed by atoms with Gasteiger partial charge in [0.25, 0.3) is 5.91 Å². The third-order valence-corrected chi connectivity index (χ3v) is 5.83. The molecule has 158 valence electrons. The van der Waals surface area contributed by atoms with E-state index in [0.29, 0.717) is 6.42 Å². The highest BCUT2D eigenvalue weighted by molar-refractivity contribution is 6.08. The average Bonchev–Trinajstić information content (AvgIpc) is 2.93. The molecule has 0 aromatic heterocycles. The van der Waals surface area contributed by atoms with Crippen molar-refractivity contribution in [3.63, 3.8) is 0 Å². The quantitative estimate of drug-likeness (QED) is 0.509. The molecule has 2 atom stereocenters. The third-order valence-electron chi connectivity index (χ3n) is 5.83. The van der Waals surface area contributed by atoms with E-state index in [-0.39, 0.29) is 30.3 Å². The van der Waals surface area contributed by atoms with Gasteiger partial charge in [-0.3, -0.25) is 9.69 Å². The van der Waals surface area contributed by atoms with Gasteiger partial charge in [0, 0.05) is 0 Å². The summed E-state index contributed by atoms with van der Waals surface area (Å²) in [6.07, 6.45) is 2.11. The van der Waals surface area contributed by atoms with Crippen molar-refractivity contribution in [2.75, 3.05) is 13.2 Å². The SMILES string of the molecule is CCOC(=O)C1=C(CN2C(=O)N[C@]3(CCCc4ccccc43)C2=O)NC(=O)N[C@H]1C. The molecule has 1 fully saturated rings. The van der Waals surface area contributed by atoms with Crippen LogP contribution in [0.3, 0.4) is 0 Å². The van der Waals surface area contributed by atoms with Gasteiger partial charge in [-0.25, -0.2) is 14.4 Å². The summed E-state index contributed by atoms with van der Waals surface area (Å²) in [6, 6.07) is 5.94. The fourth-order valence-electron chi connectivity index (χ4n) is 4.52. The van der Waals surface area contributed by atoms with E-state index in [4.69, 9.17) is 4.74 Å². The van der Waals surface area contributed by atoms with Crippen LogP contribution in [0.4, 0.5) is 9.59 Å². The second-order valence-corrected chi connectivity index (χ2v) is 7.67. The topological polar surface area (TPSA) is 117 Å². The molecule has 0 radical (unpaired) electrons. The Labute approximate surface area is 173 Å². The predicted octanol–water partition coefficient (Wildman–Crippen LogP) is 1.29. The fraction of sp³-hybridized carbons (Fsp3) is 0.429. The number of urea groups is 2. The lowest BCUT2D eigenvalue weighted by Crippen LogP contribution is -2.52. The van der Waals surface area contributed by atoms with Crippen molar-refractivity contribution in [3.05, 3.63) is 46.7 Å². The maximum atomic E-state index is 13.5. The monoisotopic (exact) mass is 412 g/mol. The van der Waals surface area contributed by atoms with E-state index in [1.807, 2.05) is 24.3 Å². The van der Waals surface area contributed by atoms with Gasteiger partial charge in [-0.05, 0) is 44.2 Å². The van der Waals surface area contributed by atoms with Gasteiger partial charge in [-0.1, -0.05) is 24.3 Å². The second kappa shape index (κ2) is 7.47. The zero-order chi connectivity index (χ0) is 21.5. The maximum absolute atomic E-state index is 13.5. The first-order chi connectivity index (χ1) is 14.4. The minimum Gasteiger partial charge on any atom is -0.463 e. The number of fused-ring (bicyclic) bond motifs is 2. The maximum Gasteiger partial charge on any atom is 0.337 e. The number of carbonyl (C=O) groups excluding carboxylic acids is 4. The van der Waals surface area contributed by atoms with Crippen molar-refractivity contribution in [3.8, 4) is 0 Å². The summed E-state index contributed by atoms with van der Waals surface area (Å²) in [6.45, 7) is 3.27. The molecule has 30 heavy (non-hydrogen) atoms. The lowest BCUT2D eigenvalue weighted by Gasteiger charge is -2.33. The first-order valence-electron chi connectivity index (χ1n) is 10.1. The molecule has 1 aliphatic carbocycles. The molecule has 1 aromatic rings. The van der Waals surface area contributed by atoms with Crippen molar-refractivity contribution in [1.82, 2.24) is 20.9 Å². The molecule has 0 saturated carbocycles. The fourth-order valence-corrected chi connectivity index (χ4v) is 4.52. The standard InChI is InChI=1S/C21H24N4O5/c1-3-30-17(26)16-12(2)22-19(28)23-15(16)11-25-18(27)21(24-20(25)29)10-6-8-13-7-4-5-9-14(13)21/h4-5,7,9,12H,3,6,8,10-11H2,1-2H3,(H,24,29)(H2,22,23,28)/t12-,21-/m0/s1. The number of nitrogens with one attached hydrogen (secondary N) is 3. The van der Waals surface area contributed by atoms with E-state index in [1.165, 1.54) is 0 Å². The highest BCUT2D eigenvalue weighted by atomic mass is 16.5. The normalized spacial score (nSPS) is 25.6. The molecule has 2 heterocycles. The van der Waals surface area contributed by atoms with Crippen molar-refractivity contribution in [1.29, 1.82) is 0 Å². The molecular weight excluding hydrogens is 388 g/mol. The van der Waals surface area contributed by atoms with Gasteiger partial charge < -0.3 is 20.7 Å². The smallest absolute Gasteiger partial charge is 0.337 e. The Morgan fingerprint density at radius 3 is 2.80 bits per heavy atom. The highest BCUT2D eigenvalue weighted by Crippen LogP contribution is 2.40. The number of imide groups is 1. The first-order valence-corrected chi connectivity index (χ1v) is 10.1. The van der Waals surface area contributed by atoms with E-state index in [0.717, 1.165) is 28.9 Å². The Morgan fingerprint density at radius 1 is 1.27 bits per heavy atom. The Hall–Kier alpha value is -3.36. The Bertz CT molecular complexity index is 972. The highest BCUT2D eigenvalue weighted by Gasteiger charge is 2.54. The summed E-state index contributed by atoms with van der Waals surface area (Å²) < 4.78 is 5.10. The van der Waals surface area contributed by atoms with Crippen LogP contribution in [0.2, 0.25) is 0 Å². The molecule has 1 saturated heterocycles. The van der Waals surface area contributed by atoms with E-state index >= 15 is 0 Å². The number of hydrogen-bond acceptors (Lipinski definition) is 5. The summed E-state index contributed by atoms with van der Waals surface area (Å²) in [4.78, 5) is 51.8. The summed E-state index contributed by atoms with van der Waals surface area (Å²) in [5.74, 6) is -0.979. The number of aryl methyl sites for hydroxylation is 1. The number of amides is 5. The van der Waals surface area contributed by atoms with Crippen LogP contribution in [0.15, 0.2) is 35.5 Å². The molecule has 9 nitrogen and oxygen atoms in total. The average molecular weight is 412 g/mol. The molecule has 5 amide bonds. The van der Waals surface area contributed by atoms with Crippen LogP contribution in [0.1, 0.15) is 37.8 Å². The van der Waals surface area contributed by atoms with Crippen LogP contribution in [-0.4, -0.2) is 48.0 Å². The van der Waals surface area contributed by atoms with Crippen LogP contribution in [-0.2, 0) is 26.3 Å². The lowest BCUT2D eigenvalue weighted by molar-refractivity contribution is -0.139. The molecule has 1 spiro atoms. The molecule has 3 N–H and O–H groups in total. The molecule has 4 rings (SSSR count). The summed E-state index contributed by atoms with van der Waals surface area (Å²) in [7, 11) is 0. The second-order valence-electron chi connectivity index (χ2n) is 7.67. The van der Waals surface area contributed by atoms with E-state index < -0.39 is 29.6 Å². The van der Waals surface area contributed by atoms with Crippen molar-refractivity contribution in [2.24, 2.45) is 0 Å². The van der Waals surface area contributed by atoms with Gasteiger partial charge in [-0.2, -0.15) is 0 Å². The molecule has 3 aliphatic rings. The van der Waals surface area contributed by atoms with Gasteiger partial charge >= 0.3 is 18.0 Å². The number of ether oxygens (including phenoxy) is 1. The lowest BCUT2D eigenvalue weighted by atomic mass is 9.76. The molecule has 0 bridgehead atoms. The largest absolute Gasteiger partial charge is 0.463 e. The van der Waals surface area contributed by atoms with Crippen molar-refractivity contribution >= 4 is 23.9 Å². The molecule has 9 heteroatoms. The summed E-state index contributed by atoms with van der Waals surface area (Å²) in [5.41, 5.74) is 1.12. The number of hydrogen-bond donors (Lipinski definition) is 3. The van der Waals surface area contributed by atoms with E-state index in [1.54, 1.807) is 13.8 Å². The molecule has 2 aliphatic heterocycles. The summed E-state index contributed by atoms with van der Waals surface area (Å²) >= 11 is 0. The number of nitrogens with zero attached hydrogens (tertiary/aromatic N) is 1. The van der Waals surface area contributed by atoms with Gasteiger partial charge in [0.05, 0.1) is 30.5 Å².